The van der Waals surface area contributed by atoms with Gasteiger partial charge in [0.05, 0.1) is 5.56 Å². The smallest absolute Gasteiger partial charge is 0.252 e. The van der Waals surface area contributed by atoms with Crippen LogP contribution in [0.4, 0.5) is 0 Å². The lowest BCUT2D eigenvalue weighted by Gasteiger charge is -2.08. The first-order valence-electron chi connectivity index (χ1n) is 6.31. The summed E-state index contributed by atoms with van der Waals surface area (Å²) in [5.41, 5.74) is 6.21. The second kappa shape index (κ2) is 8.07. The van der Waals surface area contributed by atoms with Gasteiger partial charge < -0.3 is 16.4 Å². The van der Waals surface area contributed by atoms with Crippen LogP contribution in [0.5, 0.6) is 0 Å². The van der Waals surface area contributed by atoms with Crippen LogP contribution in [0, 0.1) is 5.92 Å². The van der Waals surface area contributed by atoms with Gasteiger partial charge in [0.2, 0.25) is 0 Å². The predicted octanol–water partition coefficient (Wildman–Crippen LogP) is 0.372. The Morgan fingerprint density at radius 1 is 1.42 bits per heavy atom. The number of nitrogens with one attached hydrogen (secondary N) is 2. The maximum absolute atomic E-state index is 11.7. The molecular formula is C13H21N5O. The molecule has 0 radical (unpaired) electrons. The van der Waals surface area contributed by atoms with Crippen LogP contribution in [-0.2, 0) is 0 Å². The first kappa shape index (κ1) is 14.9. The van der Waals surface area contributed by atoms with Gasteiger partial charge in [-0.1, -0.05) is 13.8 Å². The zero-order valence-electron chi connectivity index (χ0n) is 11.4. The number of carbonyl (C=O) groups excluding carboxylic acids is 1. The number of guanidine groups is 1. The third-order valence-corrected chi connectivity index (χ3v) is 2.27. The van der Waals surface area contributed by atoms with Gasteiger partial charge in [0, 0.05) is 32.0 Å². The molecule has 0 aliphatic rings. The van der Waals surface area contributed by atoms with E-state index in [0.717, 1.165) is 0 Å². The monoisotopic (exact) mass is 263 g/mol. The molecule has 0 atom stereocenters. The number of aliphatic imine (C=N–C) groups is 1. The zero-order valence-corrected chi connectivity index (χ0v) is 11.4. The van der Waals surface area contributed by atoms with Crippen molar-refractivity contribution in [2.24, 2.45) is 16.6 Å². The Kier molecular flexibility index (Phi) is 6.35. The molecule has 4 N–H and O–H groups in total. The van der Waals surface area contributed by atoms with E-state index in [9.17, 15) is 4.79 Å². The van der Waals surface area contributed by atoms with E-state index >= 15 is 0 Å². The quantitative estimate of drug-likeness (QED) is 0.393. The third kappa shape index (κ3) is 6.40. The second-order valence-corrected chi connectivity index (χ2v) is 4.54. The average Bonchev–Trinajstić information content (AvgIpc) is 2.42. The van der Waals surface area contributed by atoms with Gasteiger partial charge in [0.1, 0.15) is 0 Å². The van der Waals surface area contributed by atoms with Gasteiger partial charge in [-0.2, -0.15) is 0 Å². The minimum absolute atomic E-state index is 0.146. The topological polar surface area (TPSA) is 92.4 Å². The Hall–Kier alpha value is -2.11. The summed E-state index contributed by atoms with van der Waals surface area (Å²) in [7, 11) is 0. The van der Waals surface area contributed by atoms with Crippen molar-refractivity contribution in [2.75, 3.05) is 19.6 Å². The first-order valence-corrected chi connectivity index (χ1v) is 6.31. The Morgan fingerprint density at radius 2 is 2.16 bits per heavy atom. The molecule has 0 aliphatic carbocycles. The standard InChI is InChI=1S/C13H21N5O/c1-10(2)8-18-13(14)17-7-6-16-12(19)11-4-3-5-15-9-11/h3-5,9-10H,6-8H2,1-2H3,(H,16,19)(H3,14,17,18). The molecule has 1 heterocycles. The molecule has 0 aliphatic heterocycles. The molecule has 19 heavy (non-hydrogen) atoms. The number of amides is 1. The number of rotatable bonds is 6. The molecule has 104 valence electrons. The summed E-state index contributed by atoms with van der Waals surface area (Å²) in [6.45, 7) is 5.86. The second-order valence-electron chi connectivity index (χ2n) is 4.54. The molecule has 0 aromatic carbocycles. The summed E-state index contributed by atoms with van der Waals surface area (Å²) in [4.78, 5) is 19.7. The lowest BCUT2D eigenvalue weighted by Crippen LogP contribution is -2.38. The van der Waals surface area contributed by atoms with Gasteiger partial charge >= 0.3 is 0 Å². The fourth-order valence-corrected chi connectivity index (χ4v) is 1.30. The molecule has 0 unspecified atom stereocenters. The number of aromatic nitrogens is 1. The highest BCUT2D eigenvalue weighted by molar-refractivity contribution is 5.93. The average molecular weight is 263 g/mol. The molecule has 1 aromatic rings. The number of hydrogen-bond acceptors (Lipinski definition) is 3. The number of nitrogens with zero attached hydrogens (tertiary/aromatic N) is 2. The third-order valence-electron chi connectivity index (χ3n) is 2.27. The van der Waals surface area contributed by atoms with E-state index in [1.165, 1.54) is 6.20 Å². The van der Waals surface area contributed by atoms with Crippen LogP contribution in [0.2, 0.25) is 0 Å². The molecule has 1 aromatic heterocycles. The Morgan fingerprint density at radius 3 is 2.79 bits per heavy atom. The van der Waals surface area contributed by atoms with Crippen LogP contribution in [0.3, 0.4) is 0 Å². The lowest BCUT2D eigenvalue weighted by atomic mass is 10.2. The largest absolute Gasteiger partial charge is 0.370 e. The number of pyridine rings is 1. The van der Waals surface area contributed by atoms with Gasteiger partial charge in [0.15, 0.2) is 5.96 Å². The first-order chi connectivity index (χ1) is 9.09. The minimum atomic E-state index is -0.146. The van der Waals surface area contributed by atoms with Crippen molar-refractivity contribution in [3.05, 3.63) is 30.1 Å². The molecular weight excluding hydrogens is 242 g/mol. The summed E-state index contributed by atoms with van der Waals surface area (Å²) in [6, 6.07) is 3.44. The number of carbonyl (C=O) groups is 1. The van der Waals surface area contributed by atoms with E-state index in [4.69, 9.17) is 5.73 Å². The normalized spacial score (nSPS) is 11.4. The maximum atomic E-state index is 11.7. The molecule has 0 fully saturated rings. The van der Waals surface area contributed by atoms with Crippen LogP contribution >= 0.6 is 0 Å². The molecule has 0 bridgehead atoms. The van der Waals surface area contributed by atoms with Crippen LogP contribution in [-0.4, -0.2) is 36.5 Å². The van der Waals surface area contributed by atoms with E-state index in [1.54, 1.807) is 18.3 Å². The van der Waals surface area contributed by atoms with E-state index in [1.807, 2.05) is 0 Å². The highest BCUT2D eigenvalue weighted by Crippen LogP contribution is 1.94. The highest BCUT2D eigenvalue weighted by Gasteiger charge is 2.03. The molecule has 0 saturated carbocycles. The molecule has 6 nitrogen and oxygen atoms in total. The van der Waals surface area contributed by atoms with Crippen molar-refractivity contribution in [1.82, 2.24) is 15.6 Å². The molecule has 0 spiro atoms. The van der Waals surface area contributed by atoms with Crippen LogP contribution in [0.15, 0.2) is 29.5 Å². The van der Waals surface area contributed by atoms with Gasteiger partial charge in [-0.3, -0.25) is 14.8 Å². The SMILES string of the molecule is CC(C)CN=C(N)NCCNC(=O)c1cccnc1. The van der Waals surface area contributed by atoms with E-state index in [0.29, 0.717) is 37.1 Å². The van der Waals surface area contributed by atoms with Gasteiger partial charge in [-0.05, 0) is 18.1 Å². The Balaban J connectivity index is 2.21. The summed E-state index contributed by atoms with van der Waals surface area (Å²) >= 11 is 0. The van der Waals surface area contributed by atoms with Crippen molar-refractivity contribution in [1.29, 1.82) is 0 Å². The predicted molar refractivity (Wildman–Crippen MR) is 75.9 cm³/mol. The van der Waals surface area contributed by atoms with Crippen LogP contribution in [0.25, 0.3) is 0 Å². The summed E-state index contributed by atoms with van der Waals surface area (Å²) in [5, 5.41) is 5.71. The van der Waals surface area contributed by atoms with Crippen molar-refractivity contribution in [3.63, 3.8) is 0 Å². The fourth-order valence-electron chi connectivity index (χ4n) is 1.30. The lowest BCUT2D eigenvalue weighted by molar-refractivity contribution is 0.0954. The molecule has 1 rings (SSSR count). The maximum Gasteiger partial charge on any atom is 0.252 e. The minimum Gasteiger partial charge on any atom is -0.370 e. The van der Waals surface area contributed by atoms with Gasteiger partial charge in [0.25, 0.3) is 5.91 Å². The van der Waals surface area contributed by atoms with Gasteiger partial charge in [-0.15, -0.1) is 0 Å². The van der Waals surface area contributed by atoms with Crippen molar-refractivity contribution < 1.29 is 4.79 Å². The zero-order chi connectivity index (χ0) is 14.1. The summed E-state index contributed by atoms with van der Waals surface area (Å²) in [6.07, 6.45) is 3.16. The van der Waals surface area contributed by atoms with E-state index in [2.05, 4.69) is 34.5 Å². The summed E-state index contributed by atoms with van der Waals surface area (Å²) < 4.78 is 0. The highest BCUT2D eigenvalue weighted by atomic mass is 16.1. The Labute approximate surface area is 113 Å². The molecule has 6 heteroatoms. The van der Waals surface area contributed by atoms with Crippen molar-refractivity contribution >= 4 is 11.9 Å². The van der Waals surface area contributed by atoms with E-state index < -0.39 is 0 Å². The Bertz CT molecular complexity index is 416. The van der Waals surface area contributed by atoms with Crippen LogP contribution < -0.4 is 16.4 Å². The molecule has 1 amide bonds. The summed E-state index contributed by atoms with van der Waals surface area (Å²) in [5.74, 6) is 0.738. The van der Waals surface area contributed by atoms with E-state index in [-0.39, 0.29) is 5.91 Å². The molecule has 0 saturated heterocycles. The van der Waals surface area contributed by atoms with Crippen molar-refractivity contribution in [2.45, 2.75) is 13.8 Å². The van der Waals surface area contributed by atoms with Crippen molar-refractivity contribution in [3.8, 4) is 0 Å². The number of nitrogens with two attached hydrogens (primary N) is 1. The fraction of sp³-hybridized carbons (Fsp3) is 0.462. The number of hydrogen-bond donors (Lipinski definition) is 3. The van der Waals surface area contributed by atoms with Crippen LogP contribution in [0.1, 0.15) is 24.2 Å². The van der Waals surface area contributed by atoms with Gasteiger partial charge in [-0.25, -0.2) is 0 Å².